The van der Waals surface area contributed by atoms with Crippen molar-refractivity contribution in [3.05, 3.63) is 35.4 Å². The van der Waals surface area contributed by atoms with Crippen LogP contribution in [-0.4, -0.2) is 34.1 Å². The number of thiol groups is 1. The minimum Gasteiger partial charge on any atom is -0.267 e. The van der Waals surface area contributed by atoms with Crippen molar-refractivity contribution in [1.82, 2.24) is 10.0 Å². The van der Waals surface area contributed by atoms with Crippen LogP contribution < -0.4 is 0 Å². The monoisotopic (exact) mass is 236 g/mol. The van der Waals surface area contributed by atoms with Crippen molar-refractivity contribution in [3.63, 3.8) is 0 Å². The Hall–Kier alpha value is -1.82. The third kappa shape index (κ3) is 1.38. The Labute approximate surface area is 97.0 Å². The van der Waals surface area contributed by atoms with Crippen molar-refractivity contribution in [2.24, 2.45) is 0 Å². The highest BCUT2D eigenvalue weighted by molar-refractivity contribution is 7.96. The van der Waals surface area contributed by atoms with E-state index >= 15 is 0 Å². The molecular weight excluding hydrogens is 228 g/mol. The molecule has 0 atom stereocenters. The van der Waals surface area contributed by atoms with E-state index in [0.717, 1.165) is 10.0 Å². The van der Waals surface area contributed by atoms with E-state index in [9.17, 15) is 14.4 Å². The summed E-state index contributed by atoms with van der Waals surface area (Å²) in [6.07, 6.45) is 0. The Morgan fingerprint density at radius 2 is 1.62 bits per heavy atom. The molecule has 0 saturated heterocycles. The molecule has 0 N–H and O–H groups in total. The third-order valence-corrected chi connectivity index (χ3v) is 2.64. The summed E-state index contributed by atoms with van der Waals surface area (Å²) in [5.74, 6) is -1.02. The molecule has 0 aliphatic carbocycles. The summed E-state index contributed by atoms with van der Waals surface area (Å²) in [6, 6.07) is 6.42. The lowest BCUT2D eigenvalue weighted by Gasteiger charge is -2.23. The van der Waals surface area contributed by atoms with Crippen molar-refractivity contribution in [2.75, 3.05) is 7.05 Å². The Kier molecular flexibility index (Phi) is 2.43. The van der Waals surface area contributed by atoms with E-state index < -0.39 is 17.1 Å². The maximum Gasteiger partial charge on any atom is 0.297 e. The van der Waals surface area contributed by atoms with Gasteiger partial charge in [-0.25, -0.2) is 5.01 Å². The molecular formula is C10H8N2O3S. The van der Waals surface area contributed by atoms with Crippen molar-refractivity contribution >= 4 is 29.7 Å². The molecule has 1 heterocycles. The Morgan fingerprint density at radius 1 is 1.19 bits per heavy atom. The van der Waals surface area contributed by atoms with Gasteiger partial charge in [-0.15, -0.1) is 0 Å². The summed E-state index contributed by atoms with van der Waals surface area (Å²) in [6.45, 7) is 0. The van der Waals surface area contributed by atoms with Gasteiger partial charge in [0.2, 0.25) is 0 Å². The maximum absolute atomic E-state index is 11.8. The smallest absolute Gasteiger partial charge is 0.267 e. The van der Waals surface area contributed by atoms with Crippen LogP contribution in [0.2, 0.25) is 0 Å². The summed E-state index contributed by atoms with van der Waals surface area (Å²) >= 11 is 3.57. The molecule has 1 aliphatic heterocycles. The summed E-state index contributed by atoms with van der Waals surface area (Å²) < 4.78 is 0. The van der Waals surface area contributed by atoms with Crippen LogP contribution in [0.3, 0.4) is 0 Å². The van der Waals surface area contributed by atoms with Gasteiger partial charge < -0.3 is 0 Å². The average molecular weight is 236 g/mol. The van der Waals surface area contributed by atoms with Crippen molar-refractivity contribution < 1.29 is 14.4 Å². The second-order valence-electron chi connectivity index (χ2n) is 3.27. The molecule has 0 aromatic heterocycles. The first-order valence-electron chi connectivity index (χ1n) is 4.48. The predicted molar refractivity (Wildman–Crippen MR) is 59.1 cm³/mol. The number of hydrazine groups is 1. The topological polar surface area (TPSA) is 57.7 Å². The molecule has 1 aromatic carbocycles. The summed E-state index contributed by atoms with van der Waals surface area (Å²) in [5.41, 5.74) is 0.600. The van der Waals surface area contributed by atoms with E-state index in [2.05, 4.69) is 12.6 Å². The van der Waals surface area contributed by atoms with Gasteiger partial charge in [-0.1, -0.05) is 24.8 Å². The van der Waals surface area contributed by atoms with Crippen LogP contribution in [0.1, 0.15) is 20.7 Å². The summed E-state index contributed by atoms with van der Waals surface area (Å²) in [7, 11) is 1.32. The van der Waals surface area contributed by atoms with Crippen LogP contribution in [0.4, 0.5) is 4.79 Å². The average Bonchev–Trinajstić information content (AvgIpc) is 2.52. The largest absolute Gasteiger partial charge is 0.297 e. The number of carbonyl (C=O) groups is 3. The number of hydrogen-bond acceptors (Lipinski definition) is 3. The quantitative estimate of drug-likeness (QED) is 0.588. The van der Waals surface area contributed by atoms with E-state index in [1.54, 1.807) is 24.3 Å². The third-order valence-electron chi connectivity index (χ3n) is 2.35. The Morgan fingerprint density at radius 3 is 2.00 bits per heavy atom. The van der Waals surface area contributed by atoms with Gasteiger partial charge in [-0.2, -0.15) is 5.01 Å². The highest BCUT2D eigenvalue weighted by Gasteiger charge is 2.38. The van der Waals surface area contributed by atoms with Gasteiger partial charge in [0.25, 0.3) is 17.1 Å². The molecule has 0 radical (unpaired) electrons. The maximum atomic E-state index is 11.8. The van der Waals surface area contributed by atoms with Crippen LogP contribution in [0.5, 0.6) is 0 Å². The highest BCUT2D eigenvalue weighted by Crippen LogP contribution is 2.23. The molecule has 1 aromatic rings. The zero-order valence-electron chi connectivity index (χ0n) is 8.38. The van der Waals surface area contributed by atoms with E-state index in [1.807, 2.05) is 0 Å². The molecule has 0 bridgehead atoms. The zero-order chi connectivity index (χ0) is 11.9. The van der Waals surface area contributed by atoms with Crippen molar-refractivity contribution in [1.29, 1.82) is 0 Å². The molecule has 0 saturated carbocycles. The van der Waals surface area contributed by atoms with Gasteiger partial charge >= 0.3 is 0 Å². The molecule has 0 fully saturated rings. The van der Waals surface area contributed by atoms with Crippen LogP contribution >= 0.6 is 12.6 Å². The minimum absolute atomic E-state index is 0.300. The molecule has 6 heteroatoms. The fourth-order valence-corrected chi connectivity index (χ4v) is 1.62. The fourth-order valence-electron chi connectivity index (χ4n) is 1.53. The molecule has 3 amide bonds. The normalized spacial score (nSPS) is 14.0. The molecule has 82 valence electrons. The Bertz CT molecular complexity index is 466. The van der Waals surface area contributed by atoms with Crippen molar-refractivity contribution in [2.45, 2.75) is 0 Å². The molecule has 16 heavy (non-hydrogen) atoms. The number of imide groups is 1. The standard InChI is InChI=1S/C10H8N2O3S/c1-11(10(15)16)12-8(13)6-4-2-3-5-7(6)9(12)14/h2-5H,1H3,(H,15,16). The molecule has 5 nitrogen and oxygen atoms in total. The van der Waals surface area contributed by atoms with Crippen LogP contribution in [0.25, 0.3) is 0 Å². The van der Waals surface area contributed by atoms with E-state index in [0.29, 0.717) is 11.1 Å². The lowest BCUT2D eigenvalue weighted by Crippen LogP contribution is -2.45. The van der Waals surface area contributed by atoms with Gasteiger partial charge in [0, 0.05) is 7.05 Å². The van der Waals surface area contributed by atoms with E-state index in [4.69, 9.17) is 0 Å². The lowest BCUT2D eigenvalue weighted by molar-refractivity contribution is 0.0307. The number of fused-ring (bicyclic) bond motifs is 1. The first-order chi connectivity index (χ1) is 7.54. The molecule has 0 unspecified atom stereocenters. The van der Waals surface area contributed by atoms with E-state index in [1.165, 1.54) is 7.05 Å². The number of nitrogens with zero attached hydrogens (tertiary/aromatic N) is 2. The SMILES string of the molecule is CN(C(=O)S)N1C(=O)c2ccccc2C1=O. The molecule has 1 aliphatic rings. The number of rotatable bonds is 1. The van der Waals surface area contributed by atoms with Gasteiger partial charge in [-0.05, 0) is 12.1 Å². The van der Waals surface area contributed by atoms with Gasteiger partial charge in [0.1, 0.15) is 0 Å². The predicted octanol–water partition coefficient (Wildman–Crippen LogP) is 1.18. The first-order valence-corrected chi connectivity index (χ1v) is 4.93. The Balaban J connectivity index is 2.46. The first kappa shape index (κ1) is 10.7. The minimum atomic E-state index is -0.672. The zero-order valence-corrected chi connectivity index (χ0v) is 9.27. The van der Waals surface area contributed by atoms with Crippen molar-refractivity contribution in [3.8, 4) is 0 Å². The van der Waals surface area contributed by atoms with Crippen LogP contribution in [0, 0.1) is 0 Å². The summed E-state index contributed by atoms with van der Waals surface area (Å²) in [4.78, 5) is 34.7. The lowest BCUT2D eigenvalue weighted by atomic mass is 10.1. The molecule has 2 rings (SSSR count). The highest BCUT2D eigenvalue weighted by atomic mass is 32.1. The van der Waals surface area contributed by atoms with Crippen LogP contribution in [-0.2, 0) is 0 Å². The van der Waals surface area contributed by atoms with E-state index in [-0.39, 0.29) is 0 Å². The fraction of sp³-hybridized carbons (Fsp3) is 0.100. The number of amides is 3. The van der Waals surface area contributed by atoms with Gasteiger partial charge in [0.15, 0.2) is 0 Å². The van der Waals surface area contributed by atoms with Crippen LogP contribution in [0.15, 0.2) is 24.3 Å². The van der Waals surface area contributed by atoms with Gasteiger partial charge in [0.05, 0.1) is 11.1 Å². The number of benzene rings is 1. The van der Waals surface area contributed by atoms with Gasteiger partial charge in [-0.3, -0.25) is 14.4 Å². The number of hydrogen-bond donors (Lipinski definition) is 1. The molecule has 0 spiro atoms. The summed E-state index contributed by atoms with van der Waals surface area (Å²) in [5, 5.41) is 0.989. The second kappa shape index (κ2) is 3.64. The number of carbonyl (C=O) groups excluding carboxylic acids is 3. The second-order valence-corrected chi connectivity index (χ2v) is 3.66.